The van der Waals surface area contributed by atoms with Crippen molar-refractivity contribution >= 4 is 11.8 Å². The van der Waals surface area contributed by atoms with Crippen LogP contribution in [0.1, 0.15) is 30.4 Å². The van der Waals surface area contributed by atoms with Crippen molar-refractivity contribution in [1.82, 2.24) is 10.2 Å². The maximum Gasteiger partial charge on any atom is 0.243 e. The molecule has 3 N–H and O–H groups in total. The fourth-order valence-corrected chi connectivity index (χ4v) is 3.95. The summed E-state index contributed by atoms with van der Waals surface area (Å²) in [4.78, 5) is 27.6. The van der Waals surface area contributed by atoms with Crippen LogP contribution in [0.2, 0.25) is 0 Å². The van der Waals surface area contributed by atoms with Gasteiger partial charge in [-0.2, -0.15) is 0 Å². The molecule has 0 aromatic heterocycles. The largest absolute Gasteiger partial charge is 0.357 e. The molecule has 3 rings (SSSR count). The van der Waals surface area contributed by atoms with Gasteiger partial charge in [-0.05, 0) is 36.8 Å². The van der Waals surface area contributed by atoms with Gasteiger partial charge in [-0.1, -0.05) is 60.7 Å². The summed E-state index contributed by atoms with van der Waals surface area (Å²) in [6.07, 6.45) is 3.28. The van der Waals surface area contributed by atoms with Crippen molar-refractivity contribution in [2.24, 2.45) is 5.73 Å². The normalized spacial score (nSPS) is 20.6. The maximum atomic E-state index is 13.3. The van der Waals surface area contributed by atoms with Crippen molar-refractivity contribution in [1.29, 1.82) is 0 Å². The highest BCUT2D eigenvalue weighted by atomic mass is 16.2. The second-order valence-electron chi connectivity index (χ2n) is 7.56. The lowest BCUT2D eigenvalue weighted by Gasteiger charge is -2.42. The summed E-state index contributed by atoms with van der Waals surface area (Å²) in [7, 11) is 1.61. The number of hydrogen-bond donors (Lipinski definition) is 2. The molecule has 1 aliphatic heterocycles. The van der Waals surface area contributed by atoms with Crippen LogP contribution >= 0.6 is 0 Å². The molecular weight excluding hydrogens is 350 g/mol. The van der Waals surface area contributed by atoms with E-state index in [4.69, 9.17) is 5.73 Å². The van der Waals surface area contributed by atoms with E-state index in [2.05, 4.69) is 17.4 Å². The molecule has 2 amide bonds. The van der Waals surface area contributed by atoms with Crippen LogP contribution in [0, 0.1) is 0 Å². The first-order valence-corrected chi connectivity index (χ1v) is 9.93. The third kappa shape index (κ3) is 4.60. The van der Waals surface area contributed by atoms with Gasteiger partial charge in [0.2, 0.25) is 11.8 Å². The van der Waals surface area contributed by atoms with Crippen LogP contribution in [-0.2, 0) is 22.4 Å². The molecule has 1 heterocycles. The van der Waals surface area contributed by atoms with E-state index in [1.54, 1.807) is 11.9 Å². The topological polar surface area (TPSA) is 75.4 Å². The third-order valence-electron chi connectivity index (χ3n) is 5.61. The molecule has 1 aliphatic rings. The van der Waals surface area contributed by atoms with Crippen molar-refractivity contribution in [2.45, 2.75) is 43.7 Å². The zero-order chi connectivity index (χ0) is 20.0. The molecule has 2 atom stereocenters. The zero-order valence-corrected chi connectivity index (χ0v) is 16.4. The number of nitrogens with one attached hydrogen (secondary N) is 1. The average molecular weight is 380 g/mol. The molecule has 0 bridgehead atoms. The van der Waals surface area contributed by atoms with Crippen LogP contribution in [0.3, 0.4) is 0 Å². The Balaban J connectivity index is 1.76. The lowest BCUT2D eigenvalue weighted by molar-refractivity contribution is -0.148. The minimum atomic E-state index is -0.920. The highest BCUT2D eigenvalue weighted by Crippen LogP contribution is 2.27. The van der Waals surface area contributed by atoms with E-state index in [0.717, 1.165) is 18.4 Å². The highest BCUT2D eigenvalue weighted by molar-refractivity contribution is 5.92. The smallest absolute Gasteiger partial charge is 0.243 e. The maximum absolute atomic E-state index is 13.3. The molecule has 28 heavy (non-hydrogen) atoms. The monoisotopic (exact) mass is 379 g/mol. The molecule has 0 spiro atoms. The van der Waals surface area contributed by atoms with E-state index in [0.29, 0.717) is 25.8 Å². The zero-order valence-electron chi connectivity index (χ0n) is 16.4. The van der Waals surface area contributed by atoms with Crippen LogP contribution in [0.4, 0.5) is 0 Å². The van der Waals surface area contributed by atoms with Crippen LogP contribution < -0.4 is 11.1 Å². The van der Waals surface area contributed by atoms with Gasteiger partial charge >= 0.3 is 0 Å². The molecule has 0 unspecified atom stereocenters. The number of benzene rings is 2. The van der Waals surface area contributed by atoms with E-state index in [1.807, 2.05) is 48.5 Å². The van der Waals surface area contributed by atoms with Crippen molar-refractivity contribution in [3.63, 3.8) is 0 Å². The van der Waals surface area contributed by atoms with E-state index < -0.39 is 11.6 Å². The van der Waals surface area contributed by atoms with Crippen LogP contribution in [0.5, 0.6) is 0 Å². The SMILES string of the molecule is CNC(=O)[C@H](Cc1ccccc1)N1CCC[C@](N)(CCc2ccccc2)C1=O. The molecule has 1 fully saturated rings. The Bertz CT molecular complexity index is 794. The Morgan fingerprint density at radius 3 is 2.32 bits per heavy atom. The fourth-order valence-electron chi connectivity index (χ4n) is 3.95. The van der Waals surface area contributed by atoms with Gasteiger partial charge < -0.3 is 16.0 Å². The number of likely N-dealkylation sites (tertiary alicyclic amines) is 1. The summed E-state index contributed by atoms with van der Waals surface area (Å²) in [6, 6.07) is 19.3. The van der Waals surface area contributed by atoms with E-state index in [1.165, 1.54) is 5.56 Å². The molecule has 148 valence electrons. The summed E-state index contributed by atoms with van der Waals surface area (Å²) in [5.41, 5.74) is 7.87. The third-order valence-corrected chi connectivity index (χ3v) is 5.61. The molecular formula is C23H29N3O2. The molecule has 0 aliphatic carbocycles. The first-order chi connectivity index (χ1) is 13.5. The predicted molar refractivity (Wildman–Crippen MR) is 111 cm³/mol. The van der Waals surface area contributed by atoms with Gasteiger partial charge in [0.25, 0.3) is 0 Å². The van der Waals surface area contributed by atoms with Crippen molar-refractivity contribution in [3.05, 3.63) is 71.8 Å². The Morgan fingerprint density at radius 1 is 1.11 bits per heavy atom. The van der Waals surface area contributed by atoms with E-state index in [-0.39, 0.29) is 11.8 Å². The Hall–Kier alpha value is -2.66. The number of aryl methyl sites for hydroxylation is 1. The minimum Gasteiger partial charge on any atom is -0.357 e. The lowest BCUT2D eigenvalue weighted by atomic mass is 9.82. The summed E-state index contributed by atoms with van der Waals surface area (Å²) < 4.78 is 0. The Kier molecular flexibility index (Phi) is 6.47. The van der Waals surface area contributed by atoms with E-state index in [9.17, 15) is 9.59 Å². The van der Waals surface area contributed by atoms with Crippen molar-refractivity contribution in [3.8, 4) is 0 Å². The number of piperidine rings is 1. The Morgan fingerprint density at radius 2 is 1.71 bits per heavy atom. The predicted octanol–water partition coefficient (Wildman–Crippen LogP) is 2.30. The summed E-state index contributed by atoms with van der Waals surface area (Å²) >= 11 is 0. The number of nitrogens with zero attached hydrogens (tertiary/aromatic N) is 1. The molecule has 0 saturated carbocycles. The lowest BCUT2D eigenvalue weighted by Crippen LogP contribution is -2.63. The number of carbonyl (C=O) groups is 2. The highest BCUT2D eigenvalue weighted by Gasteiger charge is 2.43. The summed E-state index contributed by atoms with van der Waals surface area (Å²) in [5.74, 6) is -0.260. The van der Waals surface area contributed by atoms with Crippen LogP contribution in [0.15, 0.2) is 60.7 Å². The van der Waals surface area contributed by atoms with Gasteiger partial charge in [0.15, 0.2) is 0 Å². The minimum absolute atomic E-state index is 0.112. The number of carbonyl (C=O) groups excluding carboxylic acids is 2. The molecule has 2 aromatic carbocycles. The van der Waals surface area contributed by atoms with Crippen molar-refractivity contribution < 1.29 is 9.59 Å². The van der Waals surface area contributed by atoms with E-state index >= 15 is 0 Å². The van der Waals surface area contributed by atoms with Gasteiger partial charge in [-0.3, -0.25) is 9.59 Å². The second kappa shape index (κ2) is 9.02. The molecule has 2 aromatic rings. The number of hydrogen-bond acceptors (Lipinski definition) is 3. The van der Waals surface area contributed by atoms with Gasteiger partial charge in [0.1, 0.15) is 6.04 Å². The quantitative estimate of drug-likeness (QED) is 0.775. The summed E-state index contributed by atoms with van der Waals surface area (Å²) in [5, 5.41) is 2.71. The first kappa shape index (κ1) is 20.1. The summed E-state index contributed by atoms with van der Waals surface area (Å²) in [6.45, 7) is 0.564. The van der Waals surface area contributed by atoms with Crippen LogP contribution in [0.25, 0.3) is 0 Å². The Labute approximate surface area is 166 Å². The fraction of sp³-hybridized carbons (Fsp3) is 0.391. The number of likely N-dealkylation sites (N-methyl/N-ethyl adjacent to an activating group) is 1. The average Bonchev–Trinajstić information content (AvgIpc) is 2.74. The standard InChI is InChI=1S/C23H29N3O2/c1-25-21(27)20(17-19-11-6-3-7-12-19)26-16-8-14-23(24,22(26)28)15-13-18-9-4-2-5-10-18/h2-7,9-12,20H,8,13-17,24H2,1H3,(H,25,27)/t20-,23-/m0/s1. The second-order valence-corrected chi connectivity index (χ2v) is 7.56. The number of rotatable bonds is 7. The number of amides is 2. The van der Waals surface area contributed by atoms with Gasteiger partial charge in [-0.25, -0.2) is 0 Å². The van der Waals surface area contributed by atoms with Gasteiger partial charge in [-0.15, -0.1) is 0 Å². The van der Waals surface area contributed by atoms with Crippen LogP contribution in [-0.4, -0.2) is 41.9 Å². The molecule has 0 radical (unpaired) electrons. The number of nitrogens with two attached hydrogens (primary N) is 1. The van der Waals surface area contributed by atoms with Crippen molar-refractivity contribution in [2.75, 3.05) is 13.6 Å². The first-order valence-electron chi connectivity index (χ1n) is 9.93. The van der Waals surface area contributed by atoms with Gasteiger partial charge in [0, 0.05) is 20.0 Å². The van der Waals surface area contributed by atoms with Gasteiger partial charge in [0.05, 0.1) is 5.54 Å². The molecule has 5 nitrogen and oxygen atoms in total. The molecule has 5 heteroatoms. The molecule has 1 saturated heterocycles.